The summed E-state index contributed by atoms with van der Waals surface area (Å²) in [6.45, 7) is 2.07. The second-order valence-electron chi connectivity index (χ2n) is 5.52. The lowest BCUT2D eigenvalue weighted by molar-refractivity contribution is -0.109. The molecule has 1 fully saturated rings. The minimum absolute atomic E-state index is 0.324. The molecule has 0 bridgehead atoms. The molecule has 0 unspecified atom stereocenters. The van der Waals surface area contributed by atoms with Gasteiger partial charge in [0.15, 0.2) is 0 Å². The van der Waals surface area contributed by atoms with Crippen LogP contribution in [0.1, 0.15) is 24.8 Å². The Morgan fingerprint density at radius 2 is 2.38 bits per heavy atom. The second-order valence-corrected chi connectivity index (χ2v) is 5.52. The van der Waals surface area contributed by atoms with Crippen LogP contribution in [-0.2, 0) is 11.2 Å². The number of hydrogen-bond acceptors (Lipinski definition) is 5. The van der Waals surface area contributed by atoms with Crippen molar-refractivity contribution < 1.29 is 14.6 Å². The van der Waals surface area contributed by atoms with Crippen LogP contribution in [0.2, 0.25) is 0 Å². The molecule has 5 heteroatoms. The number of benzene rings is 1. The zero-order valence-corrected chi connectivity index (χ0v) is 12.3. The van der Waals surface area contributed by atoms with Crippen molar-refractivity contribution in [3.8, 4) is 5.75 Å². The average Bonchev–Trinajstić information content (AvgIpc) is 2.91. The van der Waals surface area contributed by atoms with Gasteiger partial charge in [-0.2, -0.15) is 0 Å². The van der Waals surface area contributed by atoms with E-state index in [1.807, 2.05) is 24.3 Å². The van der Waals surface area contributed by atoms with E-state index < -0.39 is 6.23 Å². The average molecular weight is 292 g/mol. The number of carbonyl (C=O) groups is 1. The summed E-state index contributed by atoms with van der Waals surface area (Å²) in [6, 6.07) is 8.20. The van der Waals surface area contributed by atoms with Gasteiger partial charge in [-0.15, -0.1) is 0 Å². The van der Waals surface area contributed by atoms with Crippen LogP contribution < -0.4 is 10.5 Å². The zero-order chi connectivity index (χ0) is 15.1. The molecule has 2 rings (SSSR count). The van der Waals surface area contributed by atoms with E-state index in [1.54, 1.807) is 0 Å². The van der Waals surface area contributed by atoms with Crippen LogP contribution in [0.15, 0.2) is 24.3 Å². The predicted octanol–water partition coefficient (Wildman–Crippen LogP) is 0.938. The Kier molecular flexibility index (Phi) is 6.17. The number of hydrogen-bond donors (Lipinski definition) is 2. The smallest absolute Gasteiger partial charge is 0.133 e. The first-order valence-corrected chi connectivity index (χ1v) is 7.52. The van der Waals surface area contributed by atoms with Gasteiger partial charge >= 0.3 is 0 Å². The van der Waals surface area contributed by atoms with Gasteiger partial charge in [-0.05, 0) is 49.9 Å². The summed E-state index contributed by atoms with van der Waals surface area (Å²) in [5, 5.41) is 9.12. The molecule has 21 heavy (non-hydrogen) atoms. The number of ether oxygens (including phenoxy) is 1. The van der Waals surface area contributed by atoms with Gasteiger partial charge in [0.05, 0.1) is 6.54 Å². The maximum atomic E-state index is 10.6. The maximum absolute atomic E-state index is 10.6. The van der Waals surface area contributed by atoms with E-state index in [2.05, 4.69) is 4.90 Å². The molecule has 0 amide bonds. The zero-order valence-electron chi connectivity index (χ0n) is 12.3. The van der Waals surface area contributed by atoms with Crippen LogP contribution in [0, 0.1) is 0 Å². The van der Waals surface area contributed by atoms with Crippen LogP contribution >= 0.6 is 0 Å². The molecular weight excluding hydrogens is 268 g/mol. The van der Waals surface area contributed by atoms with Crippen LogP contribution in [0.3, 0.4) is 0 Å². The molecular formula is C16H24N2O3. The molecule has 1 aromatic carbocycles. The first-order chi connectivity index (χ1) is 10.2. The summed E-state index contributed by atoms with van der Waals surface area (Å²) < 4.78 is 5.86. The number of rotatable bonds is 8. The third-order valence-electron chi connectivity index (χ3n) is 3.88. The van der Waals surface area contributed by atoms with Gasteiger partial charge < -0.3 is 20.4 Å². The highest BCUT2D eigenvalue weighted by Crippen LogP contribution is 2.20. The van der Waals surface area contributed by atoms with E-state index in [-0.39, 0.29) is 0 Å². The highest BCUT2D eigenvalue weighted by atomic mass is 16.5. The topological polar surface area (TPSA) is 75.8 Å². The molecule has 1 aliphatic heterocycles. The number of carbonyl (C=O) groups excluding carboxylic acids is 1. The molecule has 0 radical (unpaired) electrons. The monoisotopic (exact) mass is 292 g/mol. The van der Waals surface area contributed by atoms with Crippen molar-refractivity contribution in [1.29, 1.82) is 0 Å². The highest BCUT2D eigenvalue weighted by molar-refractivity contribution is 5.52. The third-order valence-corrected chi connectivity index (χ3v) is 3.88. The third kappa shape index (κ3) is 5.12. The molecule has 0 spiro atoms. The number of nitrogens with two attached hydrogens (primary N) is 1. The minimum atomic E-state index is -0.773. The normalized spacial score (nSPS) is 20.4. The van der Waals surface area contributed by atoms with Crippen molar-refractivity contribution in [2.24, 2.45) is 5.73 Å². The molecule has 0 saturated carbocycles. The van der Waals surface area contributed by atoms with Crippen LogP contribution in [0.5, 0.6) is 5.75 Å². The molecule has 3 N–H and O–H groups in total. The Hall–Kier alpha value is -1.43. The van der Waals surface area contributed by atoms with Gasteiger partial charge in [-0.3, -0.25) is 4.90 Å². The lowest BCUT2D eigenvalue weighted by Gasteiger charge is -2.22. The van der Waals surface area contributed by atoms with Crippen molar-refractivity contribution in [2.75, 3.05) is 19.7 Å². The SMILES string of the molecule is N[C@H](O)CCc1cccc(OC[C@@H]2CCCN2CC=O)c1. The van der Waals surface area contributed by atoms with Gasteiger partial charge in [-0.1, -0.05) is 12.1 Å². The van der Waals surface area contributed by atoms with Gasteiger partial charge in [0.1, 0.15) is 24.9 Å². The summed E-state index contributed by atoms with van der Waals surface area (Å²) in [4.78, 5) is 12.8. The van der Waals surface area contributed by atoms with Crippen molar-refractivity contribution in [3.05, 3.63) is 29.8 Å². The second kappa shape index (κ2) is 8.12. The summed E-state index contributed by atoms with van der Waals surface area (Å²) >= 11 is 0. The van der Waals surface area contributed by atoms with Crippen molar-refractivity contribution >= 4 is 6.29 Å². The summed E-state index contributed by atoms with van der Waals surface area (Å²) in [5.74, 6) is 0.831. The maximum Gasteiger partial charge on any atom is 0.133 e. The van der Waals surface area contributed by atoms with Crippen LogP contribution in [-0.4, -0.2) is 48.3 Å². The fourth-order valence-corrected chi connectivity index (χ4v) is 2.72. The largest absolute Gasteiger partial charge is 0.492 e. The predicted molar refractivity (Wildman–Crippen MR) is 81.1 cm³/mol. The van der Waals surface area contributed by atoms with E-state index in [1.165, 1.54) is 0 Å². The van der Waals surface area contributed by atoms with Gasteiger partial charge in [0, 0.05) is 6.04 Å². The van der Waals surface area contributed by atoms with Gasteiger partial charge in [-0.25, -0.2) is 0 Å². The van der Waals surface area contributed by atoms with E-state index in [4.69, 9.17) is 15.6 Å². The van der Waals surface area contributed by atoms with Crippen molar-refractivity contribution in [3.63, 3.8) is 0 Å². The Bertz CT molecular complexity index is 451. The Morgan fingerprint density at radius 1 is 1.52 bits per heavy atom. The molecule has 1 heterocycles. The first-order valence-electron chi connectivity index (χ1n) is 7.52. The number of aliphatic hydroxyl groups is 1. The first kappa shape index (κ1) is 15.9. The summed E-state index contributed by atoms with van der Waals surface area (Å²) in [6.07, 6.45) is 3.65. The van der Waals surface area contributed by atoms with Crippen LogP contribution in [0.4, 0.5) is 0 Å². The molecule has 5 nitrogen and oxygen atoms in total. The van der Waals surface area contributed by atoms with E-state index >= 15 is 0 Å². The fourth-order valence-electron chi connectivity index (χ4n) is 2.72. The Morgan fingerprint density at radius 3 is 3.14 bits per heavy atom. The van der Waals surface area contributed by atoms with E-state index in [0.29, 0.717) is 25.6 Å². The van der Waals surface area contributed by atoms with Crippen molar-refractivity contribution in [1.82, 2.24) is 4.90 Å². The molecule has 0 aromatic heterocycles. The number of nitrogens with zero attached hydrogens (tertiary/aromatic N) is 1. The van der Waals surface area contributed by atoms with Gasteiger partial charge in [0.2, 0.25) is 0 Å². The lowest BCUT2D eigenvalue weighted by atomic mass is 10.1. The quantitative estimate of drug-likeness (QED) is 0.551. The summed E-state index contributed by atoms with van der Waals surface area (Å²) in [5.41, 5.74) is 6.46. The molecule has 2 atom stereocenters. The minimum Gasteiger partial charge on any atom is -0.492 e. The molecule has 116 valence electrons. The van der Waals surface area contributed by atoms with Gasteiger partial charge in [0.25, 0.3) is 0 Å². The molecule has 1 aliphatic rings. The standard InChI is InChI=1S/C16H24N2O3/c17-16(20)7-6-13-3-1-5-15(11-13)21-12-14-4-2-8-18(14)9-10-19/h1,3,5,10-11,14,16,20H,2,4,6-9,12,17H2/t14-,16+/m0/s1. The fraction of sp³-hybridized carbons (Fsp3) is 0.562. The van der Waals surface area contributed by atoms with E-state index in [9.17, 15) is 4.79 Å². The van der Waals surface area contributed by atoms with E-state index in [0.717, 1.165) is 43.4 Å². The number of aliphatic hydroxyl groups excluding tert-OH is 1. The highest BCUT2D eigenvalue weighted by Gasteiger charge is 2.24. The van der Waals surface area contributed by atoms with Crippen LogP contribution in [0.25, 0.3) is 0 Å². The molecule has 1 aromatic rings. The Balaban J connectivity index is 1.85. The number of aldehydes is 1. The molecule has 0 aliphatic carbocycles. The molecule has 1 saturated heterocycles. The van der Waals surface area contributed by atoms with Crippen molar-refractivity contribution in [2.45, 2.75) is 38.0 Å². The lowest BCUT2D eigenvalue weighted by Crippen LogP contribution is -2.35. The number of likely N-dealkylation sites (tertiary alicyclic amines) is 1. The Labute approximate surface area is 125 Å². The summed E-state index contributed by atoms with van der Waals surface area (Å²) in [7, 11) is 0. The number of aryl methyl sites for hydroxylation is 1.